The highest BCUT2D eigenvalue weighted by atomic mass is 16.4. The van der Waals surface area contributed by atoms with Gasteiger partial charge in [0.15, 0.2) is 0 Å². The van der Waals surface area contributed by atoms with Crippen molar-refractivity contribution in [3.8, 4) is 5.75 Å². The molecule has 17 nitrogen and oxygen atoms in total. The minimum Gasteiger partial charge on any atom is -0.508 e. The number of benzene rings is 1. The zero-order valence-corrected chi connectivity index (χ0v) is 25.4. The Labute approximate surface area is 264 Å². The van der Waals surface area contributed by atoms with Crippen LogP contribution >= 0.6 is 0 Å². The second kappa shape index (κ2) is 16.3. The van der Waals surface area contributed by atoms with Crippen LogP contribution < -0.4 is 21.7 Å². The molecule has 0 spiro atoms. The molecule has 10 N–H and O–H groups in total. The molecule has 7 atom stereocenters. The van der Waals surface area contributed by atoms with Crippen molar-refractivity contribution in [2.24, 2.45) is 5.73 Å². The average molecular weight is 651 g/mol. The first-order valence-electron chi connectivity index (χ1n) is 15.0. The third-order valence-electron chi connectivity index (χ3n) is 8.04. The Morgan fingerprint density at radius 1 is 0.848 bits per heavy atom. The maximum atomic E-state index is 13.5. The number of hydrogen-bond donors (Lipinski definition) is 9. The number of carbonyl (C=O) groups excluding carboxylic acids is 5. The summed E-state index contributed by atoms with van der Waals surface area (Å²) in [6.07, 6.45) is -0.330. The molecule has 17 heteroatoms. The fraction of sp³-hybridized carbons (Fsp3) is 0.586. The van der Waals surface area contributed by atoms with Gasteiger partial charge in [-0.05, 0) is 50.3 Å². The predicted octanol–water partition coefficient (Wildman–Crippen LogP) is -3.85. The highest BCUT2D eigenvalue weighted by Gasteiger charge is 2.40. The summed E-state index contributed by atoms with van der Waals surface area (Å²) in [4.78, 5) is 79.6. The first-order valence-corrected chi connectivity index (χ1v) is 15.0. The first kappa shape index (κ1) is 36.2. The van der Waals surface area contributed by atoms with Crippen LogP contribution in [0.5, 0.6) is 5.75 Å². The number of hydrogen-bond acceptors (Lipinski definition) is 11. The number of phenolic OH excluding ortho intramolecular Hbond substituents is 1. The average Bonchev–Trinajstić information content (AvgIpc) is 3.72. The van der Waals surface area contributed by atoms with Crippen molar-refractivity contribution >= 4 is 35.5 Å². The maximum Gasteiger partial charge on any atom is 0.326 e. The van der Waals surface area contributed by atoms with Gasteiger partial charge in [0, 0.05) is 19.5 Å². The van der Waals surface area contributed by atoms with E-state index >= 15 is 0 Å². The van der Waals surface area contributed by atoms with Gasteiger partial charge in [-0.25, -0.2) is 4.79 Å². The fourth-order valence-corrected chi connectivity index (χ4v) is 5.53. The molecule has 1 aromatic carbocycles. The van der Waals surface area contributed by atoms with Crippen LogP contribution in [0.3, 0.4) is 0 Å². The number of aromatic hydroxyl groups is 1. The van der Waals surface area contributed by atoms with Crippen LogP contribution in [-0.4, -0.2) is 139 Å². The van der Waals surface area contributed by atoms with Gasteiger partial charge in [0.1, 0.15) is 42.0 Å². The van der Waals surface area contributed by atoms with E-state index in [1.165, 1.54) is 36.1 Å². The minimum atomic E-state index is -1.59. The van der Waals surface area contributed by atoms with Crippen LogP contribution in [0.15, 0.2) is 24.3 Å². The van der Waals surface area contributed by atoms with E-state index in [1.54, 1.807) is 0 Å². The Bertz CT molecular complexity index is 1280. The molecular formula is C29H42N6O11. The van der Waals surface area contributed by atoms with Crippen molar-refractivity contribution < 1.29 is 54.3 Å². The van der Waals surface area contributed by atoms with E-state index in [4.69, 9.17) is 5.73 Å². The second-order valence-corrected chi connectivity index (χ2v) is 11.4. The Morgan fingerprint density at radius 2 is 1.41 bits per heavy atom. The van der Waals surface area contributed by atoms with Gasteiger partial charge in [-0.3, -0.25) is 24.0 Å². The maximum absolute atomic E-state index is 13.5. The molecule has 0 bridgehead atoms. The summed E-state index contributed by atoms with van der Waals surface area (Å²) in [6.45, 7) is 0.0418. The monoisotopic (exact) mass is 650 g/mol. The topological polar surface area (TPSA) is 272 Å². The zero-order chi connectivity index (χ0) is 34.1. The highest BCUT2D eigenvalue weighted by molar-refractivity contribution is 5.97. The SMILES string of the molecule is C[C@@H](O)[C@H](NC(=O)[C@@H]1CCCN1C(=O)[C@@H](N)CO)C(=O)N[C@@H](Cc1ccc(O)cc1)C(=O)N[C@@H](CO)C(=O)N1CCC[C@H]1C(=O)O. The van der Waals surface area contributed by atoms with Gasteiger partial charge in [0.05, 0.1) is 19.3 Å². The molecular weight excluding hydrogens is 608 g/mol. The van der Waals surface area contributed by atoms with Gasteiger partial charge < -0.3 is 57.0 Å². The lowest BCUT2D eigenvalue weighted by molar-refractivity contribution is -0.150. The summed E-state index contributed by atoms with van der Waals surface area (Å²) in [7, 11) is 0. The van der Waals surface area contributed by atoms with E-state index in [2.05, 4.69) is 16.0 Å². The quantitative estimate of drug-likeness (QED) is 0.0936. The minimum absolute atomic E-state index is 0.0606. The van der Waals surface area contributed by atoms with Crippen molar-refractivity contribution in [1.82, 2.24) is 25.8 Å². The molecule has 2 aliphatic rings. The van der Waals surface area contributed by atoms with E-state index in [-0.39, 0.29) is 38.1 Å². The Hall–Kier alpha value is -4.32. The number of nitrogens with two attached hydrogens (primary N) is 1. The molecule has 3 rings (SSSR count). The number of amides is 5. The lowest BCUT2D eigenvalue weighted by Gasteiger charge is -2.30. The van der Waals surface area contributed by atoms with Crippen molar-refractivity contribution in [2.75, 3.05) is 26.3 Å². The largest absolute Gasteiger partial charge is 0.508 e. The summed E-state index contributed by atoms with van der Waals surface area (Å²) in [5, 5.41) is 56.0. The molecule has 0 radical (unpaired) electrons. The summed E-state index contributed by atoms with van der Waals surface area (Å²) < 4.78 is 0. The number of carboxylic acid groups (broad SMARTS) is 1. The van der Waals surface area contributed by atoms with Crippen LogP contribution in [0.25, 0.3) is 0 Å². The van der Waals surface area contributed by atoms with Crippen molar-refractivity contribution in [1.29, 1.82) is 0 Å². The molecule has 2 saturated heterocycles. The molecule has 0 unspecified atom stereocenters. The summed E-state index contributed by atoms with van der Waals surface area (Å²) >= 11 is 0. The molecule has 2 fully saturated rings. The number of rotatable bonds is 14. The standard InChI is InChI=1S/C29H42N6O11/c1-15(38)23(33-25(41)21-4-2-10-34(21)27(43)18(30)13-36)26(42)31-19(12-16-6-8-17(39)9-7-16)24(40)32-20(14-37)28(44)35-11-3-5-22(35)29(45)46/h6-9,15,18-23,36-39H,2-5,10-14,30H2,1H3,(H,31,42)(H,32,40)(H,33,41)(H,45,46)/t15-,18+,19+,20+,21+,22+,23+/m1/s1. The Kier molecular flexibility index (Phi) is 12.8. The van der Waals surface area contributed by atoms with E-state index in [1.807, 2.05) is 0 Å². The molecule has 0 aliphatic carbocycles. The van der Waals surface area contributed by atoms with Gasteiger partial charge in [-0.15, -0.1) is 0 Å². The van der Waals surface area contributed by atoms with E-state index in [0.29, 0.717) is 18.4 Å². The number of nitrogens with zero attached hydrogens (tertiary/aromatic N) is 2. The number of aliphatic hydroxyl groups excluding tert-OH is 3. The van der Waals surface area contributed by atoms with Gasteiger partial charge >= 0.3 is 5.97 Å². The number of carboxylic acids is 1. The molecule has 1 aromatic rings. The van der Waals surface area contributed by atoms with E-state index < -0.39 is 91.1 Å². The van der Waals surface area contributed by atoms with Crippen molar-refractivity contribution in [3.05, 3.63) is 29.8 Å². The first-order chi connectivity index (χ1) is 21.8. The number of aliphatic carboxylic acids is 1. The lowest BCUT2D eigenvalue weighted by Crippen LogP contribution is -2.61. The smallest absolute Gasteiger partial charge is 0.326 e. The third-order valence-corrected chi connectivity index (χ3v) is 8.04. The molecule has 0 aromatic heterocycles. The summed E-state index contributed by atoms with van der Waals surface area (Å²) in [5.74, 6) is -5.43. The van der Waals surface area contributed by atoms with Gasteiger partial charge in [0.2, 0.25) is 29.5 Å². The number of aliphatic hydroxyl groups is 3. The van der Waals surface area contributed by atoms with E-state index in [9.17, 15) is 54.3 Å². The second-order valence-electron chi connectivity index (χ2n) is 11.4. The summed E-state index contributed by atoms with van der Waals surface area (Å²) in [6, 6.07) is -2.28. The van der Waals surface area contributed by atoms with E-state index in [0.717, 1.165) is 4.90 Å². The predicted molar refractivity (Wildman–Crippen MR) is 159 cm³/mol. The zero-order valence-electron chi connectivity index (χ0n) is 25.4. The Morgan fingerprint density at radius 3 is 1.96 bits per heavy atom. The van der Waals surface area contributed by atoms with Gasteiger partial charge in [0.25, 0.3) is 0 Å². The van der Waals surface area contributed by atoms with Crippen LogP contribution in [0.1, 0.15) is 38.2 Å². The Balaban J connectivity index is 1.79. The van der Waals surface area contributed by atoms with Crippen LogP contribution in [0.2, 0.25) is 0 Å². The summed E-state index contributed by atoms with van der Waals surface area (Å²) in [5.41, 5.74) is 6.10. The van der Waals surface area contributed by atoms with Gasteiger partial charge in [-0.2, -0.15) is 0 Å². The fourth-order valence-electron chi connectivity index (χ4n) is 5.53. The third kappa shape index (κ3) is 8.90. The number of nitrogens with one attached hydrogen (secondary N) is 3. The van der Waals surface area contributed by atoms with Crippen molar-refractivity contribution in [3.63, 3.8) is 0 Å². The molecule has 2 heterocycles. The molecule has 254 valence electrons. The number of carbonyl (C=O) groups is 6. The number of likely N-dealkylation sites (tertiary alicyclic amines) is 2. The molecule has 5 amide bonds. The number of phenols is 1. The highest BCUT2D eigenvalue weighted by Crippen LogP contribution is 2.20. The van der Waals surface area contributed by atoms with Crippen molar-refractivity contribution in [2.45, 2.75) is 81.4 Å². The van der Waals surface area contributed by atoms with Crippen LogP contribution in [0, 0.1) is 0 Å². The molecule has 46 heavy (non-hydrogen) atoms. The lowest BCUT2D eigenvalue weighted by atomic mass is 10.0. The van der Waals surface area contributed by atoms with Gasteiger partial charge in [-0.1, -0.05) is 12.1 Å². The molecule has 2 aliphatic heterocycles. The van der Waals surface area contributed by atoms with Crippen LogP contribution in [-0.2, 0) is 35.2 Å². The van der Waals surface area contributed by atoms with Crippen LogP contribution in [0.4, 0.5) is 0 Å². The molecule has 0 saturated carbocycles. The normalized spacial score (nSPS) is 21.1.